The third-order valence-corrected chi connectivity index (χ3v) is 2.40. The first kappa shape index (κ1) is 13.0. The zero-order chi connectivity index (χ0) is 10.5. The van der Waals surface area contributed by atoms with E-state index in [0.717, 1.165) is 6.04 Å². The molecular formula is C12H27N. The quantitative estimate of drug-likeness (QED) is 0.633. The molecule has 0 bridgehead atoms. The molecule has 0 N–H and O–H groups in total. The lowest BCUT2D eigenvalue weighted by atomic mass is 9.95. The molecular weight excluding hydrogens is 158 g/mol. The Labute approximate surface area is 84.5 Å². The molecule has 0 rings (SSSR count). The van der Waals surface area contributed by atoms with Crippen molar-refractivity contribution >= 4 is 0 Å². The van der Waals surface area contributed by atoms with Crippen LogP contribution in [0.2, 0.25) is 0 Å². The van der Waals surface area contributed by atoms with E-state index in [-0.39, 0.29) is 0 Å². The molecule has 0 amide bonds. The van der Waals surface area contributed by atoms with E-state index in [0.29, 0.717) is 5.41 Å². The lowest BCUT2D eigenvalue weighted by Crippen LogP contribution is -2.39. The molecule has 80 valence electrons. The summed E-state index contributed by atoms with van der Waals surface area (Å²) in [6.07, 6.45) is 2.52. The zero-order valence-corrected chi connectivity index (χ0v) is 10.4. The van der Waals surface area contributed by atoms with E-state index in [1.54, 1.807) is 0 Å². The molecule has 0 aromatic rings. The summed E-state index contributed by atoms with van der Waals surface area (Å²) >= 11 is 0. The van der Waals surface area contributed by atoms with Crippen LogP contribution in [0.3, 0.4) is 0 Å². The Morgan fingerprint density at radius 3 is 2.00 bits per heavy atom. The molecule has 0 saturated carbocycles. The van der Waals surface area contributed by atoms with E-state index in [4.69, 9.17) is 0 Å². The molecule has 1 atom stereocenters. The second-order valence-electron chi connectivity index (χ2n) is 5.29. The van der Waals surface area contributed by atoms with Crippen LogP contribution < -0.4 is 0 Å². The summed E-state index contributed by atoms with van der Waals surface area (Å²) in [5.74, 6) is 0. The van der Waals surface area contributed by atoms with E-state index < -0.39 is 0 Å². The fraction of sp³-hybridized carbons (Fsp3) is 1.00. The Morgan fingerprint density at radius 2 is 1.69 bits per heavy atom. The van der Waals surface area contributed by atoms with E-state index in [1.807, 2.05) is 0 Å². The van der Waals surface area contributed by atoms with E-state index in [9.17, 15) is 0 Å². The first-order chi connectivity index (χ1) is 5.90. The van der Waals surface area contributed by atoms with Crippen molar-refractivity contribution in [1.29, 1.82) is 0 Å². The van der Waals surface area contributed by atoms with Crippen molar-refractivity contribution in [2.45, 2.75) is 60.4 Å². The highest BCUT2D eigenvalue weighted by atomic mass is 15.1. The van der Waals surface area contributed by atoms with Gasteiger partial charge in [0.1, 0.15) is 0 Å². The van der Waals surface area contributed by atoms with Crippen molar-refractivity contribution < 1.29 is 0 Å². The first-order valence-electron chi connectivity index (χ1n) is 5.64. The van der Waals surface area contributed by atoms with E-state index in [2.05, 4.69) is 46.4 Å². The van der Waals surface area contributed by atoms with Crippen molar-refractivity contribution in [3.05, 3.63) is 0 Å². The molecule has 13 heavy (non-hydrogen) atoms. The molecule has 0 radical (unpaired) electrons. The van der Waals surface area contributed by atoms with E-state index in [1.165, 1.54) is 25.9 Å². The number of hydrogen-bond donors (Lipinski definition) is 0. The maximum Gasteiger partial charge on any atom is 0.00645 e. The van der Waals surface area contributed by atoms with Gasteiger partial charge in [-0.1, -0.05) is 34.6 Å². The molecule has 0 saturated heterocycles. The van der Waals surface area contributed by atoms with Crippen LogP contribution in [-0.2, 0) is 0 Å². The summed E-state index contributed by atoms with van der Waals surface area (Å²) in [6, 6.07) is 0.735. The van der Waals surface area contributed by atoms with Gasteiger partial charge in [-0.15, -0.1) is 0 Å². The van der Waals surface area contributed by atoms with Crippen LogP contribution in [0.1, 0.15) is 54.4 Å². The van der Waals surface area contributed by atoms with Crippen LogP contribution in [0.15, 0.2) is 0 Å². The molecule has 1 unspecified atom stereocenters. The summed E-state index contributed by atoms with van der Waals surface area (Å²) in [4.78, 5) is 2.61. The molecule has 0 aliphatic carbocycles. The summed E-state index contributed by atoms with van der Waals surface area (Å²) in [7, 11) is 0. The van der Waals surface area contributed by atoms with Gasteiger partial charge in [0, 0.05) is 12.6 Å². The third kappa shape index (κ3) is 6.09. The minimum Gasteiger partial charge on any atom is -0.300 e. The normalized spacial score (nSPS) is 15.0. The molecule has 0 heterocycles. The molecule has 0 aromatic carbocycles. The van der Waals surface area contributed by atoms with Gasteiger partial charge in [-0.3, -0.25) is 0 Å². The monoisotopic (exact) mass is 185 g/mol. The molecule has 0 fully saturated rings. The highest BCUT2D eigenvalue weighted by Crippen LogP contribution is 2.18. The predicted molar refractivity (Wildman–Crippen MR) is 61.1 cm³/mol. The van der Waals surface area contributed by atoms with Gasteiger partial charge in [-0.05, 0) is 31.7 Å². The van der Waals surface area contributed by atoms with Crippen molar-refractivity contribution in [3.8, 4) is 0 Å². The van der Waals surface area contributed by atoms with Crippen molar-refractivity contribution in [2.24, 2.45) is 5.41 Å². The smallest absolute Gasteiger partial charge is 0.00645 e. The van der Waals surface area contributed by atoms with Crippen LogP contribution in [0, 0.1) is 5.41 Å². The SMILES string of the molecule is CCCN(CC(C)(C)C)C(C)CC. The lowest BCUT2D eigenvalue weighted by molar-refractivity contribution is 0.143. The Bertz CT molecular complexity index is 124. The zero-order valence-electron chi connectivity index (χ0n) is 10.4. The van der Waals surface area contributed by atoms with Crippen LogP contribution in [0.25, 0.3) is 0 Å². The summed E-state index contributed by atoms with van der Waals surface area (Å²) in [5, 5.41) is 0. The number of nitrogens with zero attached hydrogens (tertiary/aromatic N) is 1. The summed E-state index contributed by atoms with van der Waals surface area (Å²) in [5.41, 5.74) is 0.429. The summed E-state index contributed by atoms with van der Waals surface area (Å²) < 4.78 is 0. The lowest BCUT2D eigenvalue weighted by Gasteiger charge is -2.34. The second-order valence-corrected chi connectivity index (χ2v) is 5.29. The van der Waals surface area contributed by atoms with Crippen molar-refractivity contribution in [2.75, 3.05) is 13.1 Å². The standard InChI is InChI=1S/C12H27N/c1-7-9-13(11(3)8-2)10-12(4,5)6/h11H,7-10H2,1-6H3. The fourth-order valence-corrected chi connectivity index (χ4v) is 1.61. The van der Waals surface area contributed by atoms with Crippen molar-refractivity contribution in [1.82, 2.24) is 4.90 Å². The van der Waals surface area contributed by atoms with Crippen LogP contribution in [0.5, 0.6) is 0 Å². The van der Waals surface area contributed by atoms with Gasteiger partial charge in [0.15, 0.2) is 0 Å². The average Bonchev–Trinajstić information content (AvgIpc) is 2.00. The average molecular weight is 185 g/mol. The Hall–Kier alpha value is -0.0400. The third-order valence-electron chi connectivity index (χ3n) is 2.40. The summed E-state index contributed by atoms with van der Waals surface area (Å²) in [6.45, 7) is 16.3. The topological polar surface area (TPSA) is 3.24 Å². The van der Waals surface area contributed by atoms with Crippen molar-refractivity contribution in [3.63, 3.8) is 0 Å². The van der Waals surface area contributed by atoms with Crippen LogP contribution in [-0.4, -0.2) is 24.0 Å². The van der Waals surface area contributed by atoms with Crippen LogP contribution >= 0.6 is 0 Å². The maximum absolute atomic E-state index is 2.61. The molecule has 1 nitrogen and oxygen atoms in total. The van der Waals surface area contributed by atoms with E-state index >= 15 is 0 Å². The van der Waals surface area contributed by atoms with Gasteiger partial charge < -0.3 is 4.90 Å². The first-order valence-corrected chi connectivity index (χ1v) is 5.64. The Morgan fingerprint density at radius 1 is 1.15 bits per heavy atom. The molecule has 0 spiro atoms. The number of hydrogen-bond acceptors (Lipinski definition) is 1. The minimum absolute atomic E-state index is 0.429. The van der Waals surface area contributed by atoms with Gasteiger partial charge >= 0.3 is 0 Å². The fourth-order valence-electron chi connectivity index (χ4n) is 1.61. The maximum atomic E-state index is 2.61. The van der Waals surface area contributed by atoms with Gasteiger partial charge in [-0.2, -0.15) is 0 Å². The van der Waals surface area contributed by atoms with Gasteiger partial charge in [0.25, 0.3) is 0 Å². The Balaban J connectivity index is 4.09. The van der Waals surface area contributed by atoms with Gasteiger partial charge in [0.2, 0.25) is 0 Å². The molecule has 0 aromatic heterocycles. The molecule has 0 aliphatic heterocycles. The number of rotatable bonds is 5. The largest absolute Gasteiger partial charge is 0.300 e. The van der Waals surface area contributed by atoms with Gasteiger partial charge in [-0.25, -0.2) is 0 Å². The molecule has 1 heteroatoms. The highest BCUT2D eigenvalue weighted by Gasteiger charge is 2.18. The minimum atomic E-state index is 0.429. The van der Waals surface area contributed by atoms with Gasteiger partial charge in [0.05, 0.1) is 0 Å². The second kappa shape index (κ2) is 5.64. The highest BCUT2D eigenvalue weighted by molar-refractivity contribution is 4.72. The predicted octanol–water partition coefficient (Wildman–Crippen LogP) is 3.54. The van der Waals surface area contributed by atoms with Crippen LogP contribution in [0.4, 0.5) is 0 Å². The Kier molecular flexibility index (Phi) is 5.62. The molecule has 0 aliphatic rings.